The smallest absolute Gasteiger partial charge is 0.341 e. The predicted molar refractivity (Wildman–Crippen MR) is 231 cm³/mol. The van der Waals surface area contributed by atoms with E-state index in [1.165, 1.54) is 4.90 Å². The first-order valence-electron chi connectivity index (χ1n) is 22.5. The summed E-state index contributed by atoms with van der Waals surface area (Å²) in [5, 5.41) is 32.4. The molecule has 6 aliphatic heterocycles. The van der Waals surface area contributed by atoms with Crippen molar-refractivity contribution in [3.05, 3.63) is 47.4 Å². The molecule has 64 heavy (non-hydrogen) atoms. The highest BCUT2D eigenvalue weighted by molar-refractivity contribution is 6.05. The number of cyclic esters (lactones) is 1. The van der Waals surface area contributed by atoms with Gasteiger partial charge >= 0.3 is 11.9 Å². The molecule has 2 aliphatic carbocycles. The molecule has 5 fully saturated rings. The summed E-state index contributed by atoms with van der Waals surface area (Å²) < 4.78 is 23.1. The number of hydrogen-bond acceptors (Lipinski definition) is 16. The van der Waals surface area contributed by atoms with E-state index in [0.717, 1.165) is 0 Å². The molecule has 0 aromatic rings. The molecule has 8 rings (SSSR count). The molecule has 3 amide bonds. The molecule has 2 saturated carbocycles. The summed E-state index contributed by atoms with van der Waals surface area (Å²) in [6, 6.07) is -3.67. The highest BCUT2D eigenvalue weighted by atomic mass is 16.6. The van der Waals surface area contributed by atoms with Crippen LogP contribution in [0.25, 0.3) is 0 Å². The molecule has 3 saturated heterocycles. The molecule has 19 heteroatoms. The van der Waals surface area contributed by atoms with Gasteiger partial charge in [0.1, 0.15) is 17.5 Å². The minimum atomic E-state index is -1.10. The van der Waals surface area contributed by atoms with Crippen LogP contribution in [-0.2, 0) is 42.9 Å². The number of guanidine groups is 1. The van der Waals surface area contributed by atoms with Gasteiger partial charge in [0.2, 0.25) is 17.8 Å². The molecule has 0 aromatic heterocycles. The Kier molecular flexibility index (Phi) is 12.9. The number of ether oxygens (including phenoxy) is 4. The first-order chi connectivity index (χ1) is 30.5. The third-order valence-electron chi connectivity index (χ3n) is 15.1. The van der Waals surface area contributed by atoms with Gasteiger partial charge in [-0.3, -0.25) is 34.8 Å². The number of carbonyl (C=O) groups excluding carboxylic acids is 5. The topological polar surface area (TPSA) is 237 Å². The van der Waals surface area contributed by atoms with Crippen LogP contribution < -0.4 is 16.0 Å². The second-order valence-corrected chi connectivity index (χ2v) is 18.8. The molecule has 5 N–H and O–H groups in total. The first-order valence-corrected chi connectivity index (χ1v) is 22.5. The molecule has 1 spiro atoms. The van der Waals surface area contributed by atoms with Crippen molar-refractivity contribution in [1.29, 1.82) is 0 Å². The normalized spacial score (nSPS) is 36.5. The molecule has 9 unspecified atom stereocenters. The predicted octanol–water partition coefficient (Wildman–Crippen LogP) is -0.0974. The maximum Gasteiger partial charge on any atom is 0.341 e. The van der Waals surface area contributed by atoms with Gasteiger partial charge in [0.25, 0.3) is 5.91 Å². The number of esters is 2. The van der Waals surface area contributed by atoms with Crippen LogP contribution in [0.5, 0.6) is 0 Å². The van der Waals surface area contributed by atoms with Gasteiger partial charge in [-0.15, -0.1) is 0 Å². The average Bonchev–Trinajstić information content (AvgIpc) is 3.59. The Morgan fingerprint density at radius 1 is 1.14 bits per heavy atom. The molecular weight excluding hydrogens is 829 g/mol. The van der Waals surface area contributed by atoms with Crippen LogP contribution in [0.4, 0.5) is 0 Å². The van der Waals surface area contributed by atoms with Crippen molar-refractivity contribution in [2.45, 2.75) is 108 Å². The second-order valence-electron chi connectivity index (χ2n) is 18.8. The number of aliphatic hydroxyl groups is 2. The third kappa shape index (κ3) is 8.28. The lowest BCUT2D eigenvalue weighted by Gasteiger charge is -2.63. The van der Waals surface area contributed by atoms with Crippen LogP contribution in [0.3, 0.4) is 0 Å². The van der Waals surface area contributed by atoms with Crippen molar-refractivity contribution in [2.24, 2.45) is 32.7 Å². The Morgan fingerprint density at radius 2 is 1.89 bits per heavy atom. The van der Waals surface area contributed by atoms with E-state index in [1.807, 2.05) is 13.8 Å². The number of epoxide rings is 1. The zero-order valence-corrected chi connectivity index (χ0v) is 37.5. The van der Waals surface area contributed by atoms with Gasteiger partial charge < -0.3 is 39.4 Å². The molecular formula is C45H62N8O11. The van der Waals surface area contributed by atoms with Crippen molar-refractivity contribution in [2.75, 3.05) is 59.7 Å². The number of aliphatic hydroxyl groups excluding tert-OH is 2. The Hall–Kier alpha value is -4.63. The highest BCUT2D eigenvalue weighted by Gasteiger charge is 2.71. The minimum absolute atomic E-state index is 0.0512. The van der Waals surface area contributed by atoms with E-state index in [1.54, 1.807) is 67.4 Å². The van der Waals surface area contributed by atoms with Crippen LogP contribution in [0, 0.1) is 22.7 Å². The summed E-state index contributed by atoms with van der Waals surface area (Å²) in [5.74, 6) is -2.30. The van der Waals surface area contributed by atoms with Crippen molar-refractivity contribution >= 4 is 41.8 Å². The standard InChI is InChI=1S/C45H62N8O11/c1-7-62-41(60)36-39(58)53-22-27(8-9-35(53)51(36)6)18-28-19-29(40(59)64-28)30(48-25(2)37(56)50-42-46-12-13-47-42)20-32-43(4)11-10-34(55)44(5,23-54)31(43)21-33(45(32)24-63-45)49-26(3)38(57)52-14-16-61-17-15-52/h8-9,12,18-19,22,25-26,30-36,48-49,54-55H,7,10-11,13-17,20-21,23-24H2,1-6H3,(H,47,50,56)/b28-18+/t25?,26?,30?,31?,32?,33?,34-,35?,36?,43+,44+,45?/m1/s1. The molecule has 12 atom stereocenters. The van der Waals surface area contributed by atoms with Gasteiger partial charge in [0.15, 0.2) is 6.04 Å². The maximum atomic E-state index is 14.1. The lowest BCUT2D eigenvalue weighted by Crippen LogP contribution is -2.68. The number of nitrogens with zero attached hydrogens (tertiary/aromatic N) is 5. The number of amides is 3. The SMILES string of the molecule is CCOC(=O)C1C(=O)N2C=C(/C=C3\C=C(C(CC4C5(CO5)C(NC(C)C(=O)N5CCOCC5)CC5[C@]4(C)CC[C@@H](O)[C@@]5(C)CO)NC(C)C(=O)NC4=NCC=N4)C(=O)O3)C=CC2N1C. The summed E-state index contributed by atoms with van der Waals surface area (Å²) in [5.41, 5.74) is -1.39. The van der Waals surface area contributed by atoms with Gasteiger partial charge in [-0.2, -0.15) is 0 Å². The van der Waals surface area contributed by atoms with Gasteiger partial charge in [-0.05, 0) is 94.6 Å². The number of likely N-dealkylation sites (N-methyl/N-ethyl adjacent to an activating group) is 1. The second kappa shape index (κ2) is 18.0. The van der Waals surface area contributed by atoms with E-state index in [4.69, 9.17) is 18.9 Å². The maximum absolute atomic E-state index is 14.1. The summed E-state index contributed by atoms with van der Waals surface area (Å²) in [7, 11) is 1.68. The van der Waals surface area contributed by atoms with Crippen LogP contribution in [0.2, 0.25) is 0 Å². The summed E-state index contributed by atoms with van der Waals surface area (Å²) in [6.07, 6.45) is 10.6. The zero-order valence-electron chi connectivity index (χ0n) is 37.5. The van der Waals surface area contributed by atoms with Gasteiger partial charge in [0, 0.05) is 43.0 Å². The fourth-order valence-electron chi connectivity index (χ4n) is 11.4. The largest absolute Gasteiger partial charge is 0.464 e. The lowest BCUT2D eigenvalue weighted by molar-refractivity contribution is -0.185. The van der Waals surface area contributed by atoms with E-state index in [-0.39, 0.29) is 60.7 Å². The van der Waals surface area contributed by atoms with Crippen LogP contribution in [-0.4, -0.2) is 175 Å². The van der Waals surface area contributed by atoms with Gasteiger partial charge in [-0.25, -0.2) is 19.6 Å². The number of hydrogen-bond donors (Lipinski definition) is 5. The Balaban J connectivity index is 1.13. The van der Waals surface area contributed by atoms with E-state index >= 15 is 0 Å². The number of morpholine rings is 1. The third-order valence-corrected chi connectivity index (χ3v) is 15.1. The Morgan fingerprint density at radius 3 is 2.56 bits per heavy atom. The van der Waals surface area contributed by atoms with E-state index < -0.39 is 76.6 Å². The van der Waals surface area contributed by atoms with Crippen LogP contribution >= 0.6 is 0 Å². The molecule has 8 aliphatic rings. The molecule has 0 radical (unpaired) electrons. The lowest BCUT2D eigenvalue weighted by atomic mass is 9.43. The molecule has 0 bridgehead atoms. The van der Waals surface area contributed by atoms with E-state index in [0.29, 0.717) is 64.3 Å². The molecule has 19 nitrogen and oxygen atoms in total. The summed E-state index contributed by atoms with van der Waals surface area (Å²) >= 11 is 0. The molecule has 348 valence electrons. The van der Waals surface area contributed by atoms with Crippen molar-refractivity contribution in [3.63, 3.8) is 0 Å². The van der Waals surface area contributed by atoms with Crippen molar-refractivity contribution in [1.82, 2.24) is 30.7 Å². The number of allylic oxidation sites excluding steroid dienone is 4. The van der Waals surface area contributed by atoms with E-state index in [2.05, 4.69) is 32.9 Å². The van der Waals surface area contributed by atoms with Crippen molar-refractivity contribution < 1.29 is 53.1 Å². The Labute approximate surface area is 373 Å². The minimum Gasteiger partial charge on any atom is -0.464 e. The van der Waals surface area contributed by atoms with Gasteiger partial charge in [-0.1, -0.05) is 19.9 Å². The van der Waals surface area contributed by atoms with Crippen molar-refractivity contribution in [3.8, 4) is 0 Å². The zero-order chi connectivity index (χ0) is 45.7. The van der Waals surface area contributed by atoms with Crippen LogP contribution in [0.1, 0.15) is 60.3 Å². The number of nitrogens with one attached hydrogen (secondary N) is 3. The average molecular weight is 891 g/mol. The van der Waals surface area contributed by atoms with Gasteiger partial charge in [0.05, 0.1) is 63.3 Å². The monoisotopic (exact) mass is 890 g/mol. The molecule has 6 heterocycles. The van der Waals surface area contributed by atoms with E-state index in [9.17, 15) is 34.2 Å². The first kappa shape index (κ1) is 45.9. The number of rotatable bonds is 13. The summed E-state index contributed by atoms with van der Waals surface area (Å²) in [4.78, 5) is 80.9. The number of aliphatic imine (C=N–C) groups is 2. The highest BCUT2D eigenvalue weighted by Crippen LogP contribution is 2.66. The summed E-state index contributed by atoms with van der Waals surface area (Å²) in [6.45, 7) is 11.9. The Bertz CT molecular complexity index is 2090. The fraction of sp³-hybridized carbons (Fsp3) is 0.667. The fourth-order valence-corrected chi connectivity index (χ4v) is 11.4. The molecule has 0 aromatic carbocycles. The quantitative estimate of drug-likeness (QED) is 0.0924. The van der Waals surface area contributed by atoms with Crippen LogP contribution in [0.15, 0.2) is 57.4 Å². The number of fused-ring (bicyclic) bond motifs is 2. The number of carbonyl (C=O) groups is 5.